The molecule has 1 N–H and O–H groups in total. The maximum absolute atomic E-state index is 12.9. The Kier molecular flexibility index (Phi) is 3.72. The first-order valence-corrected chi connectivity index (χ1v) is 8.67. The third-order valence-electron chi connectivity index (χ3n) is 4.98. The Morgan fingerprint density at radius 2 is 1.80 bits per heavy atom. The van der Waals surface area contributed by atoms with E-state index in [2.05, 4.69) is 59.3 Å². The number of benzene rings is 2. The van der Waals surface area contributed by atoms with Crippen LogP contribution in [0, 0.1) is 6.92 Å². The molecule has 1 aromatic heterocycles. The molecule has 0 amide bonds. The second kappa shape index (κ2) is 5.92. The van der Waals surface area contributed by atoms with E-state index in [1.54, 1.807) is 0 Å². The van der Waals surface area contributed by atoms with E-state index in [4.69, 9.17) is 0 Å². The van der Waals surface area contributed by atoms with Crippen LogP contribution in [0.2, 0.25) is 0 Å². The summed E-state index contributed by atoms with van der Waals surface area (Å²) in [6.45, 7) is 2.09. The van der Waals surface area contributed by atoms with E-state index in [9.17, 15) is 4.79 Å². The van der Waals surface area contributed by atoms with Crippen LogP contribution in [0.5, 0.6) is 0 Å². The summed E-state index contributed by atoms with van der Waals surface area (Å²) < 4.78 is 0. The molecule has 0 unspecified atom stereocenters. The van der Waals surface area contributed by atoms with Crippen LogP contribution in [0.25, 0.3) is 17.0 Å². The first-order valence-electron chi connectivity index (χ1n) is 8.67. The van der Waals surface area contributed by atoms with E-state index in [-0.39, 0.29) is 5.78 Å². The highest BCUT2D eigenvalue weighted by molar-refractivity contribution is 6.15. The smallest absolute Gasteiger partial charge is 0.205 e. The quantitative estimate of drug-likeness (QED) is 0.688. The fourth-order valence-electron chi connectivity index (χ4n) is 3.56. The maximum atomic E-state index is 12.9. The molecule has 4 rings (SSSR count). The number of nitrogens with zero attached hydrogens (tertiary/aromatic N) is 1. The maximum Gasteiger partial charge on any atom is 0.205 e. The van der Waals surface area contributed by atoms with Crippen molar-refractivity contribution < 1.29 is 4.79 Å². The molecule has 3 nitrogen and oxygen atoms in total. The summed E-state index contributed by atoms with van der Waals surface area (Å²) in [5, 5.41) is 1.19. The van der Waals surface area contributed by atoms with Crippen molar-refractivity contribution in [3.63, 3.8) is 0 Å². The van der Waals surface area contributed by atoms with E-state index in [1.807, 2.05) is 20.2 Å². The van der Waals surface area contributed by atoms with Crippen LogP contribution in [0.3, 0.4) is 0 Å². The van der Waals surface area contributed by atoms with Gasteiger partial charge >= 0.3 is 0 Å². The number of nitrogens with one attached hydrogen (secondary N) is 1. The minimum atomic E-state index is 0.131. The lowest BCUT2D eigenvalue weighted by Crippen LogP contribution is -2.13. The molecule has 2 aromatic carbocycles. The Morgan fingerprint density at radius 3 is 2.52 bits per heavy atom. The van der Waals surface area contributed by atoms with Gasteiger partial charge in [-0.2, -0.15) is 0 Å². The van der Waals surface area contributed by atoms with Crippen LogP contribution in [0.1, 0.15) is 33.6 Å². The number of carbonyl (C=O) groups excluding carboxylic acids is 1. The number of Topliss-reactive ketones (excluding diaryl/α,β-unsaturated/α-hetero) is 1. The summed E-state index contributed by atoms with van der Waals surface area (Å²) in [6.07, 6.45) is 3.73. The molecule has 0 saturated heterocycles. The lowest BCUT2D eigenvalue weighted by molar-refractivity contribution is 0.102. The SMILES string of the molecule is Cc1ccc2[nH]c3c(c2c1)CCC(=Cc1ccc(N(C)C)cc1)C3=O. The highest BCUT2D eigenvalue weighted by atomic mass is 16.1. The van der Waals surface area contributed by atoms with Gasteiger partial charge in [0.05, 0.1) is 5.69 Å². The Labute approximate surface area is 148 Å². The topological polar surface area (TPSA) is 36.1 Å². The van der Waals surface area contributed by atoms with Gasteiger partial charge in [-0.05, 0) is 61.2 Å². The molecular weight excluding hydrogens is 308 g/mol. The van der Waals surface area contributed by atoms with E-state index in [0.717, 1.165) is 40.9 Å². The monoisotopic (exact) mass is 330 g/mol. The Balaban J connectivity index is 1.70. The van der Waals surface area contributed by atoms with Crippen molar-refractivity contribution >= 4 is 28.4 Å². The summed E-state index contributed by atoms with van der Waals surface area (Å²) >= 11 is 0. The number of allylic oxidation sites excluding steroid dienone is 1. The first kappa shape index (κ1) is 15.7. The van der Waals surface area contributed by atoms with Gasteiger partial charge in [-0.15, -0.1) is 0 Å². The van der Waals surface area contributed by atoms with Crippen LogP contribution < -0.4 is 4.90 Å². The van der Waals surface area contributed by atoms with Crippen LogP contribution in [0.15, 0.2) is 48.0 Å². The standard InChI is InChI=1S/C22H22N2O/c1-14-4-11-20-19(12-14)18-10-7-16(22(25)21(18)23-20)13-15-5-8-17(9-6-15)24(2)3/h4-6,8-9,11-13,23H,7,10H2,1-3H3. The Bertz CT molecular complexity index is 991. The molecule has 1 heterocycles. The van der Waals surface area contributed by atoms with Crippen molar-refractivity contribution in [3.05, 3.63) is 70.4 Å². The molecule has 0 atom stereocenters. The number of aryl methyl sites for hydroxylation is 2. The van der Waals surface area contributed by atoms with Gasteiger partial charge in [0.1, 0.15) is 0 Å². The summed E-state index contributed by atoms with van der Waals surface area (Å²) in [5.41, 5.74) is 7.33. The van der Waals surface area contributed by atoms with Gasteiger partial charge in [-0.25, -0.2) is 0 Å². The molecule has 126 valence electrons. The molecule has 3 aromatic rings. The van der Waals surface area contributed by atoms with Gasteiger partial charge in [0, 0.05) is 36.3 Å². The van der Waals surface area contributed by atoms with Gasteiger partial charge in [-0.1, -0.05) is 23.8 Å². The zero-order valence-electron chi connectivity index (χ0n) is 14.9. The molecule has 3 heteroatoms. The fraction of sp³-hybridized carbons (Fsp3) is 0.227. The Hall–Kier alpha value is -2.81. The molecule has 0 aliphatic heterocycles. The van der Waals surface area contributed by atoms with E-state index in [0.29, 0.717) is 0 Å². The van der Waals surface area contributed by atoms with Crippen LogP contribution in [0.4, 0.5) is 5.69 Å². The minimum absolute atomic E-state index is 0.131. The van der Waals surface area contributed by atoms with Crippen molar-refractivity contribution in [2.24, 2.45) is 0 Å². The lowest BCUT2D eigenvalue weighted by atomic mass is 9.89. The van der Waals surface area contributed by atoms with E-state index >= 15 is 0 Å². The number of hydrogen-bond acceptors (Lipinski definition) is 2. The molecule has 0 fully saturated rings. The zero-order valence-corrected chi connectivity index (χ0v) is 14.9. The van der Waals surface area contributed by atoms with Gasteiger partial charge in [0.2, 0.25) is 5.78 Å². The van der Waals surface area contributed by atoms with Crippen molar-refractivity contribution in [2.75, 3.05) is 19.0 Å². The zero-order chi connectivity index (χ0) is 17.6. The van der Waals surface area contributed by atoms with Crippen LogP contribution >= 0.6 is 0 Å². The summed E-state index contributed by atoms with van der Waals surface area (Å²) in [6, 6.07) is 14.6. The number of anilines is 1. The first-order chi connectivity index (χ1) is 12.0. The normalized spacial score (nSPS) is 15.6. The van der Waals surface area contributed by atoms with E-state index < -0.39 is 0 Å². The summed E-state index contributed by atoms with van der Waals surface area (Å²) in [5.74, 6) is 0.131. The number of H-pyrrole nitrogens is 1. The molecule has 1 aliphatic carbocycles. The molecule has 0 spiro atoms. The molecule has 0 saturated carbocycles. The highest BCUT2D eigenvalue weighted by Gasteiger charge is 2.25. The summed E-state index contributed by atoms with van der Waals surface area (Å²) in [4.78, 5) is 18.3. The third kappa shape index (κ3) is 2.76. The number of hydrogen-bond donors (Lipinski definition) is 1. The van der Waals surface area contributed by atoms with Gasteiger partial charge < -0.3 is 9.88 Å². The highest BCUT2D eigenvalue weighted by Crippen LogP contribution is 2.32. The molecule has 0 bridgehead atoms. The Morgan fingerprint density at radius 1 is 1.04 bits per heavy atom. The third-order valence-corrected chi connectivity index (χ3v) is 4.98. The number of aromatic amines is 1. The number of rotatable bonds is 2. The second-order valence-corrected chi connectivity index (χ2v) is 7.01. The van der Waals surface area contributed by atoms with Crippen molar-refractivity contribution in [1.82, 2.24) is 4.98 Å². The molecule has 0 radical (unpaired) electrons. The fourth-order valence-corrected chi connectivity index (χ4v) is 3.56. The molecule has 25 heavy (non-hydrogen) atoms. The van der Waals surface area contributed by atoms with Gasteiger partial charge in [0.15, 0.2) is 0 Å². The van der Waals surface area contributed by atoms with Crippen LogP contribution in [-0.4, -0.2) is 24.9 Å². The lowest BCUT2D eigenvalue weighted by Gasteiger charge is -2.15. The number of aromatic nitrogens is 1. The molecular formula is C22H22N2O. The van der Waals surface area contributed by atoms with Crippen LogP contribution in [-0.2, 0) is 6.42 Å². The average molecular weight is 330 g/mol. The predicted octanol–water partition coefficient (Wildman–Crippen LogP) is 4.75. The largest absolute Gasteiger partial charge is 0.378 e. The van der Waals surface area contributed by atoms with Crippen molar-refractivity contribution in [1.29, 1.82) is 0 Å². The predicted molar refractivity (Wildman–Crippen MR) is 104 cm³/mol. The van der Waals surface area contributed by atoms with Crippen molar-refractivity contribution in [3.8, 4) is 0 Å². The average Bonchev–Trinajstić information content (AvgIpc) is 2.96. The second-order valence-electron chi connectivity index (χ2n) is 7.01. The number of ketones is 1. The number of carbonyl (C=O) groups is 1. The number of fused-ring (bicyclic) bond motifs is 3. The molecule has 1 aliphatic rings. The van der Waals surface area contributed by atoms with Gasteiger partial charge in [-0.3, -0.25) is 4.79 Å². The van der Waals surface area contributed by atoms with Gasteiger partial charge in [0.25, 0.3) is 0 Å². The van der Waals surface area contributed by atoms with E-state index in [1.165, 1.54) is 16.5 Å². The minimum Gasteiger partial charge on any atom is -0.378 e. The summed E-state index contributed by atoms with van der Waals surface area (Å²) in [7, 11) is 4.05. The van der Waals surface area contributed by atoms with Crippen molar-refractivity contribution in [2.45, 2.75) is 19.8 Å².